The van der Waals surface area contributed by atoms with Gasteiger partial charge in [0.1, 0.15) is 0 Å². The molecule has 0 N–H and O–H groups in total. The van der Waals surface area contributed by atoms with Crippen molar-refractivity contribution in [1.82, 2.24) is 4.90 Å². The van der Waals surface area contributed by atoms with Crippen LogP contribution < -0.4 is 0 Å². The summed E-state index contributed by atoms with van der Waals surface area (Å²) in [4.78, 5) is 2.07. The van der Waals surface area contributed by atoms with Crippen LogP contribution in [0.25, 0.3) is 0 Å². The Labute approximate surface area is 69.7 Å². The van der Waals surface area contributed by atoms with E-state index in [1.165, 1.54) is 5.70 Å². The van der Waals surface area contributed by atoms with E-state index in [9.17, 15) is 0 Å². The molecule has 0 aliphatic heterocycles. The van der Waals surface area contributed by atoms with Gasteiger partial charge in [-0.15, -0.1) is 0 Å². The molecule has 0 rings (SSSR count). The van der Waals surface area contributed by atoms with Crippen LogP contribution >= 0.6 is 0 Å². The Morgan fingerprint density at radius 3 is 2.18 bits per heavy atom. The van der Waals surface area contributed by atoms with E-state index < -0.39 is 0 Å². The van der Waals surface area contributed by atoms with Crippen LogP contribution in [0.5, 0.6) is 0 Å². The fourth-order valence-corrected chi connectivity index (χ4v) is 0.501. The predicted octanol–water partition coefficient (Wildman–Crippen LogP) is 2.58. The molecule has 62 valence electrons. The Morgan fingerprint density at radius 2 is 1.82 bits per heavy atom. The maximum Gasteiger partial charge on any atom is 0.00958 e. The molecular weight excluding hydrogens is 134 g/mol. The second-order valence-corrected chi connectivity index (χ2v) is 2.91. The van der Waals surface area contributed by atoms with E-state index in [4.69, 9.17) is 0 Å². The van der Waals surface area contributed by atoms with Crippen molar-refractivity contribution in [2.24, 2.45) is 0 Å². The topological polar surface area (TPSA) is 3.24 Å². The number of hydrogen-bond acceptors (Lipinski definition) is 1. The summed E-state index contributed by atoms with van der Waals surface area (Å²) < 4.78 is 0. The van der Waals surface area contributed by atoms with Crippen LogP contribution in [-0.4, -0.2) is 19.0 Å². The average molecular weight is 151 g/mol. The molecule has 1 nitrogen and oxygen atoms in total. The Morgan fingerprint density at radius 1 is 1.27 bits per heavy atom. The molecule has 0 saturated carbocycles. The van der Waals surface area contributed by atoms with Gasteiger partial charge in [-0.05, 0) is 19.9 Å². The molecule has 0 aliphatic rings. The van der Waals surface area contributed by atoms with Gasteiger partial charge in [0, 0.05) is 19.8 Å². The van der Waals surface area contributed by atoms with Crippen molar-refractivity contribution in [2.45, 2.75) is 13.8 Å². The lowest BCUT2D eigenvalue weighted by Gasteiger charge is -2.10. The van der Waals surface area contributed by atoms with E-state index in [0.717, 1.165) is 5.57 Å². The van der Waals surface area contributed by atoms with Crippen LogP contribution in [0.1, 0.15) is 13.8 Å². The van der Waals surface area contributed by atoms with Gasteiger partial charge in [0.2, 0.25) is 0 Å². The quantitative estimate of drug-likeness (QED) is 0.560. The normalized spacial score (nSPS) is 12.2. The first-order valence-electron chi connectivity index (χ1n) is 3.72. The molecular formula is C10H17N. The van der Waals surface area contributed by atoms with Crippen molar-refractivity contribution in [3.05, 3.63) is 36.1 Å². The van der Waals surface area contributed by atoms with Gasteiger partial charge in [0.05, 0.1) is 0 Å². The number of nitrogens with zero attached hydrogens (tertiary/aromatic N) is 1. The maximum atomic E-state index is 3.77. The smallest absolute Gasteiger partial charge is 0.00958 e. The first-order chi connectivity index (χ1) is 5.04. The van der Waals surface area contributed by atoms with Crippen molar-refractivity contribution in [3.8, 4) is 0 Å². The molecule has 0 saturated heterocycles. The first kappa shape index (κ1) is 10.0. The van der Waals surface area contributed by atoms with Gasteiger partial charge in [-0.2, -0.15) is 0 Å². The molecule has 1 heteroatoms. The lowest BCUT2D eigenvalue weighted by molar-refractivity contribution is 0.514. The summed E-state index contributed by atoms with van der Waals surface area (Å²) >= 11 is 0. The Bertz CT molecular complexity index is 185. The largest absolute Gasteiger partial charge is 0.381 e. The fraction of sp³-hybridized carbons (Fsp3) is 0.400. The molecule has 11 heavy (non-hydrogen) atoms. The molecule has 0 aromatic heterocycles. The lowest BCUT2D eigenvalue weighted by atomic mass is 10.3. The zero-order valence-corrected chi connectivity index (χ0v) is 7.89. The van der Waals surface area contributed by atoms with Gasteiger partial charge in [0.15, 0.2) is 0 Å². The van der Waals surface area contributed by atoms with Gasteiger partial charge in [-0.3, -0.25) is 0 Å². The zero-order valence-electron chi connectivity index (χ0n) is 7.89. The first-order valence-corrected chi connectivity index (χ1v) is 3.72. The predicted molar refractivity (Wildman–Crippen MR) is 51.4 cm³/mol. The van der Waals surface area contributed by atoms with Crippen LogP contribution in [-0.2, 0) is 0 Å². The number of allylic oxidation sites excluding steroid dienone is 5. The van der Waals surface area contributed by atoms with Crippen molar-refractivity contribution < 1.29 is 0 Å². The minimum Gasteiger partial charge on any atom is -0.381 e. The van der Waals surface area contributed by atoms with Crippen LogP contribution in [0.15, 0.2) is 36.1 Å². The summed E-state index contributed by atoms with van der Waals surface area (Å²) in [5, 5.41) is 0. The summed E-state index contributed by atoms with van der Waals surface area (Å²) in [6, 6.07) is 0. The third-order valence-electron chi connectivity index (χ3n) is 1.42. The molecule has 0 unspecified atom stereocenters. The summed E-state index contributed by atoms with van der Waals surface area (Å²) in [5.74, 6) is 0. The minimum absolute atomic E-state index is 1.08. The van der Waals surface area contributed by atoms with Crippen LogP contribution in [0, 0.1) is 0 Å². The average Bonchev–Trinajstić information content (AvgIpc) is 1.86. The maximum absolute atomic E-state index is 3.77. The van der Waals surface area contributed by atoms with Crippen molar-refractivity contribution in [1.29, 1.82) is 0 Å². The van der Waals surface area contributed by atoms with Crippen LogP contribution in [0.2, 0.25) is 0 Å². The summed E-state index contributed by atoms with van der Waals surface area (Å²) in [5.41, 5.74) is 2.32. The molecule has 0 aliphatic carbocycles. The highest BCUT2D eigenvalue weighted by Gasteiger charge is 1.85. The van der Waals surface area contributed by atoms with Gasteiger partial charge < -0.3 is 4.90 Å². The molecule has 0 aromatic carbocycles. The van der Waals surface area contributed by atoms with Crippen molar-refractivity contribution in [2.75, 3.05) is 14.1 Å². The number of hydrogen-bond donors (Lipinski definition) is 0. The zero-order chi connectivity index (χ0) is 8.85. The number of rotatable bonds is 3. The fourth-order valence-electron chi connectivity index (χ4n) is 0.501. The van der Waals surface area contributed by atoms with E-state index in [2.05, 4.69) is 24.5 Å². The molecule has 0 atom stereocenters. The van der Waals surface area contributed by atoms with Gasteiger partial charge in [-0.1, -0.05) is 24.3 Å². The Balaban J connectivity index is 4.01. The molecule has 0 radical (unpaired) electrons. The minimum atomic E-state index is 1.08. The molecule has 0 aromatic rings. The van der Waals surface area contributed by atoms with Gasteiger partial charge in [-0.25, -0.2) is 0 Å². The van der Waals surface area contributed by atoms with E-state index in [1.807, 2.05) is 33.2 Å². The Kier molecular flexibility index (Phi) is 4.35. The Hall–Kier alpha value is -0.980. The summed E-state index contributed by atoms with van der Waals surface area (Å²) in [6.07, 6.45) is 6.07. The van der Waals surface area contributed by atoms with E-state index in [0.29, 0.717) is 0 Å². The standard InChI is InChI=1S/C10H17N/c1-9(2)7-6-8-10(3)11(4)5/h6-8H,1H2,2-5H3/b7-6-,10-8-. The van der Waals surface area contributed by atoms with E-state index >= 15 is 0 Å². The summed E-state index contributed by atoms with van der Waals surface area (Å²) in [7, 11) is 4.06. The second-order valence-electron chi connectivity index (χ2n) is 2.91. The third-order valence-corrected chi connectivity index (χ3v) is 1.42. The lowest BCUT2D eigenvalue weighted by Crippen LogP contribution is -2.07. The SMILES string of the molecule is C=C(C)/C=C\C=C(\C)N(C)C. The molecule has 0 spiro atoms. The van der Waals surface area contributed by atoms with Crippen LogP contribution in [0.3, 0.4) is 0 Å². The highest BCUT2D eigenvalue weighted by atomic mass is 15.1. The summed E-state index contributed by atoms with van der Waals surface area (Å²) in [6.45, 7) is 7.82. The van der Waals surface area contributed by atoms with Gasteiger partial charge >= 0.3 is 0 Å². The highest BCUT2D eigenvalue weighted by molar-refractivity contribution is 5.18. The second kappa shape index (κ2) is 4.78. The molecule has 0 amide bonds. The van der Waals surface area contributed by atoms with Crippen molar-refractivity contribution >= 4 is 0 Å². The van der Waals surface area contributed by atoms with E-state index in [1.54, 1.807) is 0 Å². The molecule has 0 fully saturated rings. The van der Waals surface area contributed by atoms with Crippen molar-refractivity contribution in [3.63, 3.8) is 0 Å². The van der Waals surface area contributed by atoms with E-state index in [-0.39, 0.29) is 0 Å². The molecule has 0 bridgehead atoms. The monoisotopic (exact) mass is 151 g/mol. The highest BCUT2D eigenvalue weighted by Crippen LogP contribution is 1.97. The molecule has 0 heterocycles. The van der Waals surface area contributed by atoms with Crippen LogP contribution in [0.4, 0.5) is 0 Å². The van der Waals surface area contributed by atoms with Gasteiger partial charge in [0.25, 0.3) is 0 Å². The third kappa shape index (κ3) is 5.46.